The van der Waals surface area contributed by atoms with Crippen molar-refractivity contribution in [3.8, 4) is 0 Å². The van der Waals surface area contributed by atoms with E-state index in [1.54, 1.807) is 0 Å². The minimum atomic E-state index is 0.436. The molecule has 0 aromatic heterocycles. The van der Waals surface area contributed by atoms with Crippen LogP contribution in [0.1, 0.15) is 33.1 Å². The molecule has 16 heavy (non-hydrogen) atoms. The number of ether oxygens (including phenoxy) is 1. The van der Waals surface area contributed by atoms with Gasteiger partial charge in [0.2, 0.25) is 0 Å². The first-order valence-corrected chi connectivity index (χ1v) is 6.32. The molecule has 4 heteroatoms. The van der Waals surface area contributed by atoms with Crippen LogP contribution in [0.15, 0.2) is 5.16 Å². The predicted octanol–water partition coefficient (Wildman–Crippen LogP) is 1.98. The van der Waals surface area contributed by atoms with Crippen LogP contribution in [-0.4, -0.2) is 48.7 Å². The molecule has 0 radical (unpaired) electrons. The minimum absolute atomic E-state index is 0.436. The van der Waals surface area contributed by atoms with Gasteiger partial charge in [-0.25, -0.2) is 0 Å². The summed E-state index contributed by atoms with van der Waals surface area (Å²) in [7, 11) is 0. The molecule has 1 saturated heterocycles. The molecule has 1 aliphatic heterocycles. The fraction of sp³-hybridized carbons (Fsp3) is 0.917. The van der Waals surface area contributed by atoms with Gasteiger partial charge >= 0.3 is 0 Å². The Kier molecular flexibility index (Phi) is 6.42. The van der Waals surface area contributed by atoms with Crippen LogP contribution in [0, 0.1) is 5.92 Å². The quantitative estimate of drug-likeness (QED) is 0.429. The largest absolute Gasteiger partial charge is 0.411 e. The zero-order valence-corrected chi connectivity index (χ0v) is 10.5. The first kappa shape index (κ1) is 13.5. The van der Waals surface area contributed by atoms with Crippen molar-refractivity contribution < 1.29 is 9.94 Å². The van der Waals surface area contributed by atoms with Gasteiger partial charge in [-0.15, -0.1) is 0 Å². The fourth-order valence-corrected chi connectivity index (χ4v) is 2.22. The molecular weight excluding hydrogens is 204 g/mol. The van der Waals surface area contributed by atoms with Crippen LogP contribution in [0.2, 0.25) is 0 Å². The Morgan fingerprint density at radius 1 is 1.50 bits per heavy atom. The number of likely N-dealkylation sites (tertiary alicyclic amines) is 1. The van der Waals surface area contributed by atoms with Crippen molar-refractivity contribution in [3.05, 3.63) is 0 Å². The van der Waals surface area contributed by atoms with E-state index in [9.17, 15) is 0 Å². The lowest BCUT2D eigenvalue weighted by atomic mass is 9.93. The summed E-state index contributed by atoms with van der Waals surface area (Å²) in [6.45, 7) is 8.97. The molecule has 94 valence electrons. The highest BCUT2D eigenvalue weighted by Gasteiger charge is 2.24. The van der Waals surface area contributed by atoms with Crippen molar-refractivity contribution in [2.45, 2.75) is 33.1 Å². The zero-order chi connectivity index (χ0) is 11.8. The van der Waals surface area contributed by atoms with Crippen LogP contribution < -0.4 is 0 Å². The smallest absolute Gasteiger partial charge is 0.0627 e. The highest BCUT2D eigenvalue weighted by atomic mass is 16.5. The van der Waals surface area contributed by atoms with Gasteiger partial charge in [-0.3, -0.25) is 0 Å². The van der Waals surface area contributed by atoms with Crippen molar-refractivity contribution in [1.29, 1.82) is 0 Å². The molecule has 4 nitrogen and oxygen atoms in total. The number of hydrogen-bond donors (Lipinski definition) is 1. The average molecular weight is 228 g/mol. The Labute approximate surface area is 98.3 Å². The highest BCUT2D eigenvalue weighted by Crippen LogP contribution is 2.17. The summed E-state index contributed by atoms with van der Waals surface area (Å²) in [5, 5.41) is 12.3. The number of nitrogens with zero attached hydrogens (tertiary/aromatic N) is 2. The van der Waals surface area contributed by atoms with Gasteiger partial charge in [0.05, 0.1) is 5.71 Å². The lowest BCUT2D eigenvalue weighted by Gasteiger charge is -2.32. The SMILES string of the molecule is CCOCCCN1CCC(=NO)C(CC)C1. The number of hydrogen-bond acceptors (Lipinski definition) is 4. The van der Waals surface area contributed by atoms with Gasteiger partial charge in [0.1, 0.15) is 0 Å². The van der Waals surface area contributed by atoms with E-state index in [1.165, 1.54) is 0 Å². The summed E-state index contributed by atoms with van der Waals surface area (Å²) in [6, 6.07) is 0. The van der Waals surface area contributed by atoms with E-state index in [4.69, 9.17) is 9.94 Å². The Balaban J connectivity index is 2.25. The molecule has 1 fully saturated rings. The Morgan fingerprint density at radius 3 is 2.94 bits per heavy atom. The summed E-state index contributed by atoms with van der Waals surface area (Å²) in [4.78, 5) is 2.45. The van der Waals surface area contributed by atoms with Gasteiger partial charge in [-0.2, -0.15) is 0 Å². The van der Waals surface area contributed by atoms with E-state index in [-0.39, 0.29) is 0 Å². The third-order valence-corrected chi connectivity index (χ3v) is 3.22. The molecule has 1 aliphatic rings. The van der Waals surface area contributed by atoms with E-state index < -0.39 is 0 Å². The third-order valence-electron chi connectivity index (χ3n) is 3.22. The molecule has 1 N–H and O–H groups in total. The normalized spacial score (nSPS) is 25.1. The van der Waals surface area contributed by atoms with Gasteiger partial charge in [0.15, 0.2) is 0 Å². The van der Waals surface area contributed by atoms with E-state index in [2.05, 4.69) is 17.0 Å². The number of piperidine rings is 1. The first-order valence-electron chi connectivity index (χ1n) is 6.32. The first-order chi connectivity index (χ1) is 7.81. The Hall–Kier alpha value is -0.610. The van der Waals surface area contributed by atoms with E-state index >= 15 is 0 Å². The molecule has 0 spiro atoms. The maximum absolute atomic E-state index is 8.87. The summed E-state index contributed by atoms with van der Waals surface area (Å²) in [5.74, 6) is 0.436. The molecule has 1 atom stereocenters. The van der Waals surface area contributed by atoms with Gasteiger partial charge < -0.3 is 14.8 Å². The molecule has 0 aromatic rings. The molecule has 1 unspecified atom stereocenters. The summed E-state index contributed by atoms with van der Waals surface area (Å²) in [6.07, 6.45) is 3.06. The van der Waals surface area contributed by atoms with Crippen molar-refractivity contribution >= 4 is 5.71 Å². The molecule has 0 saturated carbocycles. The van der Waals surface area contributed by atoms with Crippen LogP contribution in [0.3, 0.4) is 0 Å². The van der Waals surface area contributed by atoms with E-state index in [0.29, 0.717) is 5.92 Å². The van der Waals surface area contributed by atoms with Crippen molar-refractivity contribution in [1.82, 2.24) is 4.90 Å². The monoisotopic (exact) mass is 228 g/mol. The lowest BCUT2D eigenvalue weighted by molar-refractivity contribution is 0.128. The van der Waals surface area contributed by atoms with Gasteiger partial charge in [0, 0.05) is 45.2 Å². The zero-order valence-electron chi connectivity index (χ0n) is 10.5. The Morgan fingerprint density at radius 2 is 2.31 bits per heavy atom. The second kappa shape index (κ2) is 7.63. The summed E-state index contributed by atoms with van der Waals surface area (Å²) in [5.41, 5.74) is 0.976. The number of oxime groups is 1. The molecule has 0 aromatic carbocycles. The second-order valence-corrected chi connectivity index (χ2v) is 4.30. The molecule has 0 bridgehead atoms. The lowest BCUT2D eigenvalue weighted by Crippen LogP contribution is -2.41. The molecule has 1 rings (SSSR count). The van der Waals surface area contributed by atoms with Crippen molar-refractivity contribution in [2.24, 2.45) is 11.1 Å². The van der Waals surface area contributed by atoms with Crippen LogP contribution in [0.25, 0.3) is 0 Å². The molecule has 1 heterocycles. The minimum Gasteiger partial charge on any atom is -0.411 e. The number of rotatable bonds is 6. The van der Waals surface area contributed by atoms with E-state index in [1.807, 2.05) is 6.92 Å². The van der Waals surface area contributed by atoms with Crippen LogP contribution in [0.5, 0.6) is 0 Å². The van der Waals surface area contributed by atoms with Gasteiger partial charge in [0.25, 0.3) is 0 Å². The third kappa shape index (κ3) is 4.10. The molecule has 0 aliphatic carbocycles. The van der Waals surface area contributed by atoms with Crippen molar-refractivity contribution in [2.75, 3.05) is 32.8 Å². The van der Waals surface area contributed by atoms with Crippen molar-refractivity contribution in [3.63, 3.8) is 0 Å². The predicted molar refractivity (Wildman–Crippen MR) is 65.2 cm³/mol. The highest BCUT2D eigenvalue weighted by molar-refractivity contribution is 5.87. The van der Waals surface area contributed by atoms with Gasteiger partial charge in [-0.05, 0) is 19.8 Å². The second-order valence-electron chi connectivity index (χ2n) is 4.30. The molecule has 0 amide bonds. The maximum Gasteiger partial charge on any atom is 0.0627 e. The van der Waals surface area contributed by atoms with Crippen LogP contribution in [0.4, 0.5) is 0 Å². The van der Waals surface area contributed by atoms with E-state index in [0.717, 1.165) is 57.8 Å². The summed E-state index contributed by atoms with van der Waals surface area (Å²) < 4.78 is 5.33. The Bertz CT molecular complexity index is 219. The topological polar surface area (TPSA) is 45.1 Å². The molecular formula is C12H24N2O2. The average Bonchev–Trinajstić information content (AvgIpc) is 2.34. The van der Waals surface area contributed by atoms with Gasteiger partial charge in [-0.1, -0.05) is 12.1 Å². The summed E-state index contributed by atoms with van der Waals surface area (Å²) >= 11 is 0. The van der Waals surface area contributed by atoms with Crippen LogP contribution >= 0.6 is 0 Å². The maximum atomic E-state index is 8.87. The van der Waals surface area contributed by atoms with Crippen LogP contribution in [-0.2, 0) is 4.74 Å². The standard InChI is InChI=1S/C12H24N2O2/c1-3-11-10-14(7-5-9-16-4-2)8-6-12(11)13-15/h11,15H,3-10H2,1-2H3. The fourth-order valence-electron chi connectivity index (χ4n) is 2.22.